The third kappa shape index (κ3) is 10.5. The van der Waals surface area contributed by atoms with Crippen LogP contribution in [0, 0.1) is 31.3 Å². The molecule has 2 atom stereocenters. The molecule has 2 aromatic rings. The predicted octanol–water partition coefficient (Wildman–Crippen LogP) is -6.03. The van der Waals surface area contributed by atoms with Crippen LogP contribution in [0.3, 0.4) is 0 Å². The SMILES string of the molecule is CCC1C(=N)OC(c2ccccc2)=[N+]1CC[N+]1=C(c2ccccc2)OC(=N)C1CC.[O-][Cl+3]([O-])([O-])[O-].[O-][Cl+3]([O-])([O-])[O-]. The van der Waals surface area contributed by atoms with Crippen molar-refractivity contribution in [1.29, 1.82) is 10.8 Å². The fourth-order valence-electron chi connectivity index (χ4n) is 4.18. The molecule has 218 valence electrons. The summed E-state index contributed by atoms with van der Waals surface area (Å²) in [4.78, 5) is 0. The van der Waals surface area contributed by atoms with Crippen molar-refractivity contribution in [3.8, 4) is 0 Å². The average molecular weight is 603 g/mol. The average Bonchev–Trinajstić information content (AvgIpc) is 3.36. The van der Waals surface area contributed by atoms with Gasteiger partial charge >= 0.3 is 11.8 Å². The molecule has 2 aliphatic rings. The number of rotatable bonds is 7. The second-order valence-electron chi connectivity index (χ2n) is 8.27. The zero-order valence-corrected chi connectivity index (χ0v) is 23.0. The molecule has 0 spiro atoms. The highest BCUT2D eigenvalue weighted by molar-refractivity contribution is 6.03. The number of hydrogen-bond donors (Lipinski definition) is 2. The summed E-state index contributed by atoms with van der Waals surface area (Å²) in [5.41, 5.74) is 1.95. The van der Waals surface area contributed by atoms with E-state index in [0.717, 1.165) is 35.8 Å². The normalized spacial score (nSPS) is 18.9. The first-order valence-corrected chi connectivity index (χ1v) is 14.2. The summed E-state index contributed by atoms with van der Waals surface area (Å²) in [5, 5.41) is 16.6. The summed E-state index contributed by atoms with van der Waals surface area (Å²) in [6, 6.07) is 19.8. The van der Waals surface area contributed by atoms with E-state index in [4.69, 9.17) is 57.6 Å². The minimum absolute atomic E-state index is 0.0802. The van der Waals surface area contributed by atoms with Crippen molar-refractivity contribution in [3.63, 3.8) is 0 Å². The second kappa shape index (κ2) is 14.6. The van der Waals surface area contributed by atoms with Gasteiger partial charge in [0.1, 0.15) is 0 Å². The van der Waals surface area contributed by atoms with E-state index >= 15 is 0 Å². The van der Waals surface area contributed by atoms with Crippen LogP contribution in [-0.2, 0) is 9.47 Å². The van der Waals surface area contributed by atoms with E-state index < -0.39 is 20.5 Å². The summed E-state index contributed by atoms with van der Waals surface area (Å²) in [7, 11) is -9.89. The Labute approximate surface area is 234 Å². The van der Waals surface area contributed by atoms with Crippen molar-refractivity contribution in [2.24, 2.45) is 0 Å². The van der Waals surface area contributed by atoms with Crippen molar-refractivity contribution in [2.45, 2.75) is 38.8 Å². The van der Waals surface area contributed by atoms with Crippen LogP contribution in [0.4, 0.5) is 0 Å². The lowest BCUT2D eigenvalue weighted by Crippen LogP contribution is -2.68. The van der Waals surface area contributed by atoms with Crippen molar-refractivity contribution in [1.82, 2.24) is 0 Å². The topological polar surface area (TPSA) is 257 Å². The van der Waals surface area contributed by atoms with Gasteiger partial charge in [-0.1, -0.05) is 50.2 Å². The summed E-state index contributed by atoms with van der Waals surface area (Å²) < 4.78 is 84.1. The monoisotopic (exact) mass is 602 g/mol. The summed E-state index contributed by atoms with van der Waals surface area (Å²) >= 11 is 0. The molecular formula is C24H28Cl2N4O10. The zero-order valence-electron chi connectivity index (χ0n) is 21.5. The highest BCUT2D eigenvalue weighted by Crippen LogP contribution is 2.19. The van der Waals surface area contributed by atoms with Crippen LogP contribution in [0.5, 0.6) is 0 Å². The molecule has 2 N–H and O–H groups in total. The maximum Gasteiger partial charge on any atom is 0.377 e. The van der Waals surface area contributed by atoms with Gasteiger partial charge in [-0.05, 0) is 24.3 Å². The third-order valence-corrected chi connectivity index (χ3v) is 5.69. The second-order valence-corrected chi connectivity index (χ2v) is 9.78. The van der Waals surface area contributed by atoms with Crippen LogP contribution in [0.1, 0.15) is 37.8 Å². The molecule has 4 rings (SSSR count). The molecule has 0 saturated heterocycles. The van der Waals surface area contributed by atoms with E-state index in [1.807, 2.05) is 60.7 Å². The fraction of sp³-hybridized carbons (Fsp3) is 0.333. The van der Waals surface area contributed by atoms with Crippen molar-refractivity contribution in [3.05, 3.63) is 71.8 Å². The first-order valence-electron chi connectivity index (χ1n) is 11.8. The Balaban J connectivity index is 0.000000482. The van der Waals surface area contributed by atoms with Gasteiger partial charge < -0.3 is 9.47 Å². The molecular weight excluding hydrogens is 575 g/mol. The van der Waals surface area contributed by atoms with Crippen molar-refractivity contribution in [2.75, 3.05) is 13.1 Å². The minimum atomic E-state index is -4.94. The molecule has 2 aliphatic heterocycles. The lowest BCUT2D eigenvalue weighted by Gasteiger charge is -2.17. The van der Waals surface area contributed by atoms with Crippen molar-refractivity contribution >= 4 is 23.6 Å². The van der Waals surface area contributed by atoms with Crippen LogP contribution in [0.2, 0.25) is 0 Å². The Kier molecular flexibility index (Phi) is 12.1. The quantitative estimate of drug-likeness (QED) is 0.283. The van der Waals surface area contributed by atoms with Gasteiger partial charge in [-0.3, -0.25) is 10.8 Å². The number of hydrogen-bond acceptors (Lipinski definition) is 12. The van der Waals surface area contributed by atoms with E-state index in [0.29, 0.717) is 24.9 Å². The molecule has 0 aliphatic carbocycles. The van der Waals surface area contributed by atoms with Gasteiger partial charge in [-0.25, -0.2) is 37.3 Å². The van der Waals surface area contributed by atoms with Gasteiger partial charge in [0.25, 0.3) is 11.8 Å². The van der Waals surface area contributed by atoms with E-state index in [1.54, 1.807) is 0 Å². The van der Waals surface area contributed by atoms with Gasteiger partial charge in [0.05, 0.1) is 11.1 Å². The number of nitrogens with one attached hydrogen (secondary N) is 2. The molecule has 40 heavy (non-hydrogen) atoms. The van der Waals surface area contributed by atoms with Crippen LogP contribution in [-0.4, -0.2) is 57.9 Å². The lowest BCUT2D eigenvalue weighted by atomic mass is 10.2. The maximum atomic E-state index is 8.49. The van der Waals surface area contributed by atoms with E-state index in [2.05, 4.69) is 23.0 Å². The van der Waals surface area contributed by atoms with Gasteiger partial charge in [0.15, 0.2) is 0 Å². The van der Waals surface area contributed by atoms with Crippen LogP contribution in [0.15, 0.2) is 60.7 Å². The smallest absolute Gasteiger partial charge is 0.377 e. The molecule has 0 radical (unpaired) electrons. The highest BCUT2D eigenvalue weighted by atomic mass is 35.7. The molecule has 0 saturated carbocycles. The maximum absolute atomic E-state index is 8.49. The molecule has 2 unspecified atom stereocenters. The number of benzene rings is 2. The first kappa shape index (κ1) is 33.2. The Bertz CT molecular complexity index is 1110. The lowest BCUT2D eigenvalue weighted by molar-refractivity contribution is -2.00. The van der Waals surface area contributed by atoms with Crippen LogP contribution >= 0.6 is 0 Å². The number of halogens is 2. The Morgan fingerprint density at radius 1 is 0.600 bits per heavy atom. The third-order valence-electron chi connectivity index (χ3n) is 5.69. The highest BCUT2D eigenvalue weighted by Gasteiger charge is 2.44. The molecule has 0 fully saturated rings. The van der Waals surface area contributed by atoms with Crippen LogP contribution < -0.4 is 37.3 Å². The molecule has 2 aromatic carbocycles. The van der Waals surface area contributed by atoms with Gasteiger partial charge in [-0.15, -0.1) is 20.5 Å². The van der Waals surface area contributed by atoms with E-state index in [1.165, 1.54) is 0 Å². The molecule has 0 bridgehead atoms. The standard InChI is InChI=1S/C24H28N4O2.2ClHO4/c1-3-19-21(25)29-23(17-11-7-5-8-12-17)27(19)15-16-28-20(4-2)22(26)30-24(28)18-13-9-6-10-14-18;2*2-1(3,4)5/h5-14,19-20,25-26H,3-4,15-16H2,1-2H3;2*(H,2,3,4,5)/q+2;;/p-2. The van der Waals surface area contributed by atoms with E-state index in [9.17, 15) is 0 Å². The summed E-state index contributed by atoms with van der Waals surface area (Å²) in [6.07, 6.45) is 1.60. The minimum Gasteiger partial charge on any atom is -0.383 e. The van der Waals surface area contributed by atoms with Crippen molar-refractivity contribution < 1.29 is 76.4 Å². The predicted molar refractivity (Wildman–Crippen MR) is 117 cm³/mol. The largest absolute Gasteiger partial charge is 0.383 e. The first-order chi connectivity index (χ1) is 18.6. The molecule has 0 amide bonds. The summed E-state index contributed by atoms with van der Waals surface area (Å²) in [5.74, 6) is 2.05. The number of nitrogens with zero attached hydrogens (tertiary/aromatic N) is 2. The van der Waals surface area contributed by atoms with E-state index in [-0.39, 0.29) is 12.1 Å². The molecule has 14 nitrogen and oxygen atoms in total. The number of ether oxygens (including phenoxy) is 2. The fourth-order valence-corrected chi connectivity index (χ4v) is 4.18. The molecule has 16 heteroatoms. The van der Waals surface area contributed by atoms with Gasteiger partial charge in [0.2, 0.25) is 25.2 Å². The Morgan fingerprint density at radius 3 is 1.12 bits per heavy atom. The summed E-state index contributed by atoms with van der Waals surface area (Å²) in [6.45, 7) is 5.51. The molecule has 2 heterocycles. The van der Waals surface area contributed by atoms with Gasteiger partial charge in [-0.2, -0.15) is 9.15 Å². The van der Waals surface area contributed by atoms with Gasteiger partial charge in [0, 0.05) is 12.8 Å². The zero-order chi connectivity index (χ0) is 30.1. The van der Waals surface area contributed by atoms with Crippen LogP contribution in [0.25, 0.3) is 0 Å². The Morgan fingerprint density at radius 2 is 0.875 bits per heavy atom. The Hall–Kier alpha value is -3.02. The molecule has 0 aromatic heterocycles.